The van der Waals surface area contributed by atoms with Crippen LogP contribution in [0.25, 0.3) is 0 Å². The molecule has 8 heteroatoms. The molecule has 1 aromatic rings. The molecular weight excluding hydrogens is 394 g/mol. The fourth-order valence-corrected chi connectivity index (χ4v) is 5.67. The first-order valence-electron chi connectivity index (χ1n) is 9.96. The number of pyridine rings is 1. The highest BCUT2D eigenvalue weighted by Crippen LogP contribution is 2.37. The van der Waals surface area contributed by atoms with Crippen LogP contribution in [0.3, 0.4) is 0 Å². The molecule has 0 amide bonds. The van der Waals surface area contributed by atoms with Crippen molar-refractivity contribution in [2.45, 2.75) is 44.6 Å². The Kier molecular flexibility index (Phi) is 10.4. The van der Waals surface area contributed by atoms with E-state index >= 15 is 0 Å². The van der Waals surface area contributed by atoms with Gasteiger partial charge in [-0.15, -0.1) is 0 Å². The molecule has 0 aliphatic carbocycles. The van der Waals surface area contributed by atoms with Gasteiger partial charge in [-0.25, -0.2) is 0 Å². The zero-order chi connectivity index (χ0) is 20.4. The minimum absolute atomic E-state index is 0.153. The summed E-state index contributed by atoms with van der Waals surface area (Å²) in [5.74, 6) is 0.660. The molecule has 160 valence electrons. The number of aliphatic hydroxyl groups is 2. The molecule has 1 fully saturated rings. The lowest BCUT2D eigenvalue weighted by Gasteiger charge is -2.35. The summed E-state index contributed by atoms with van der Waals surface area (Å²) in [7, 11) is 3.84. The van der Waals surface area contributed by atoms with Gasteiger partial charge in [0.25, 0.3) is 0 Å². The van der Waals surface area contributed by atoms with Gasteiger partial charge in [0.2, 0.25) is 0 Å². The van der Waals surface area contributed by atoms with E-state index in [1.807, 2.05) is 21.6 Å². The minimum atomic E-state index is -0.153. The Morgan fingerprint density at radius 3 is 2.14 bits per heavy atom. The average molecular weight is 430 g/mol. The fraction of sp³-hybridized carbons (Fsp3) is 0.750. The number of hydrogen-bond donors (Lipinski definition) is 2. The molecule has 0 aromatic carbocycles. The van der Waals surface area contributed by atoms with Gasteiger partial charge in [-0.05, 0) is 39.5 Å². The SMILES string of the molecule is CSSC(C)(C)CCCN1CCN(CCOc2cc(CO)nc(CO)c2)CC1. The number of aliphatic hydroxyl groups excluding tert-OH is 2. The van der Waals surface area contributed by atoms with Gasteiger partial charge in [0, 0.05) is 49.6 Å². The monoisotopic (exact) mass is 429 g/mol. The maximum atomic E-state index is 9.25. The summed E-state index contributed by atoms with van der Waals surface area (Å²) in [6.07, 6.45) is 4.66. The molecule has 1 aliphatic heterocycles. The highest BCUT2D eigenvalue weighted by Gasteiger charge is 2.20. The van der Waals surface area contributed by atoms with Crippen LogP contribution in [-0.4, -0.2) is 81.9 Å². The molecular formula is C20H35N3O3S2. The molecule has 28 heavy (non-hydrogen) atoms. The molecule has 2 rings (SSSR count). The van der Waals surface area contributed by atoms with Gasteiger partial charge < -0.3 is 19.8 Å². The van der Waals surface area contributed by atoms with Crippen LogP contribution in [0.15, 0.2) is 12.1 Å². The quantitative estimate of drug-likeness (QED) is 0.492. The van der Waals surface area contributed by atoms with Gasteiger partial charge in [0.15, 0.2) is 0 Å². The Hall–Kier alpha value is -0.510. The number of ether oxygens (including phenoxy) is 1. The molecule has 0 unspecified atom stereocenters. The number of nitrogens with zero attached hydrogens (tertiary/aromatic N) is 3. The first-order valence-corrected chi connectivity index (χ1v) is 12.5. The Bertz CT molecular complexity index is 560. The average Bonchev–Trinajstić information content (AvgIpc) is 2.68. The third-order valence-corrected chi connectivity index (χ3v) is 7.61. The molecule has 1 saturated heterocycles. The van der Waals surface area contributed by atoms with Crippen molar-refractivity contribution in [1.82, 2.24) is 14.8 Å². The van der Waals surface area contributed by atoms with Gasteiger partial charge in [-0.3, -0.25) is 9.88 Å². The summed E-state index contributed by atoms with van der Waals surface area (Å²) in [5.41, 5.74) is 1.04. The first-order chi connectivity index (χ1) is 13.5. The molecule has 1 aliphatic rings. The summed E-state index contributed by atoms with van der Waals surface area (Å²) < 4.78 is 6.18. The summed E-state index contributed by atoms with van der Waals surface area (Å²) in [6.45, 7) is 11.4. The van der Waals surface area contributed by atoms with Crippen molar-refractivity contribution in [2.75, 3.05) is 52.1 Å². The number of aromatic nitrogens is 1. The molecule has 1 aromatic heterocycles. The zero-order valence-electron chi connectivity index (χ0n) is 17.4. The second-order valence-corrected chi connectivity index (χ2v) is 10.9. The van der Waals surface area contributed by atoms with Crippen LogP contribution >= 0.6 is 21.6 Å². The zero-order valence-corrected chi connectivity index (χ0v) is 19.0. The van der Waals surface area contributed by atoms with E-state index in [1.165, 1.54) is 19.4 Å². The van der Waals surface area contributed by atoms with Gasteiger partial charge >= 0.3 is 0 Å². The van der Waals surface area contributed by atoms with Gasteiger partial charge in [0.05, 0.1) is 24.6 Å². The standard InChI is InChI=1S/C20H35N3O3S2/c1-20(2,28-27-3)5-4-6-22-7-9-23(10-8-22)11-12-26-19-13-17(15-24)21-18(14-19)16-25/h13-14,24-25H,4-12,15-16H2,1-3H3. The van der Waals surface area contributed by atoms with E-state index in [9.17, 15) is 10.2 Å². The molecule has 0 spiro atoms. The Labute approximate surface area is 177 Å². The normalized spacial score (nSPS) is 16.5. The highest BCUT2D eigenvalue weighted by atomic mass is 33.1. The van der Waals surface area contributed by atoms with E-state index in [1.54, 1.807) is 12.1 Å². The van der Waals surface area contributed by atoms with Crippen LogP contribution < -0.4 is 4.74 Å². The van der Waals surface area contributed by atoms with E-state index in [4.69, 9.17) is 4.74 Å². The third-order valence-electron chi connectivity index (χ3n) is 4.93. The molecule has 2 N–H and O–H groups in total. The summed E-state index contributed by atoms with van der Waals surface area (Å²) in [5, 5.41) is 18.5. The molecule has 2 heterocycles. The van der Waals surface area contributed by atoms with Crippen LogP contribution in [0.4, 0.5) is 0 Å². The lowest BCUT2D eigenvalue weighted by Crippen LogP contribution is -2.47. The fourth-order valence-electron chi connectivity index (χ4n) is 3.39. The van der Waals surface area contributed by atoms with Crippen LogP contribution in [0.5, 0.6) is 5.75 Å². The third kappa shape index (κ3) is 8.47. The Morgan fingerprint density at radius 2 is 1.61 bits per heavy atom. The number of rotatable bonds is 12. The highest BCUT2D eigenvalue weighted by molar-refractivity contribution is 8.76. The summed E-state index contributed by atoms with van der Waals surface area (Å²) in [6, 6.07) is 3.46. The number of piperazine rings is 1. The van der Waals surface area contributed by atoms with Crippen molar-refractivity contribution in [3.63, 3.8) is 0 Å². The first kappa shape index (κ1) is 23.8. The van der Waals surface area contributed by atoms with E-state index in [-0.39, 0.29) is 13.2 Å². The van der Waals surface area contributed by atoms with Crippen LogP contribution in [-0.2, 0) is 13.2 Å². The largest absolute Gasteiger partial charge is 0.492 e. The smallest absolute Gasteiger partial charge is 0.123 e. The van der Waals surface area contributed by atoms with E-state index < -0.39 is 0 Å². The van der Waals surface area contributed by atoms with Crippen LogP contribution in [0.2, 0.25) is 0 Å². The molecule has 0 saturated carbocycles. The topological polar surface area (TPSA) is 69.1 Å². The Morgan fingerprint density at radius 1 is 1.04 bits per heavy atom. The molecule has 0 bridgehead atoms. The van der Waals surface area contributed by atoms with Crippen LogP contribution in [0, 0.1) is 0 Å². The predicted molar refractivity (Wildman–Crippen MR) is 119 cm³/mol. The van der Waals surface area contributed by atoms with Crippen molar-refractivity contribution in [3.05, 3.63) is 23.5 Å². The van der Waals surface area contributed by atoms with E-state index in [0.717, 1.165) is 32.7 Å². The van der Waals surface area contributed by atoms with Gasteiger partial charge in [-0.1, -0.05) is 21.6 Å². The van der Waals surface area contributed by atoms with Crippen LogP contribution in [0.1, 0.15) is 38.1 Å². The maximum Gasteiger partial charge on any atom is 0.123 e. The molecule has 6 nitrogen and oxygen atoms in total. The van der Waals surface area contributed by atoms with Gasteiger partial charge in [0.1, 0.15) is 12.4 Å². The van der Waals surface area contributed by atoms with Crippen molar-refractivity contribution < 1.29 is 14.9 Å². The van der Waals surface area contributed by atoms with Crippen molar-refractivity contribution >= 4 is 21.6 Å². The molecule has 0 atom stereocenters. The van der Waals surface area contributed by atoms with E-state index in [0.29, 0.717) is 28.5 Å². The second-order valence-electron chi connectivity index (χ2n) is 7.75. The van der Waals surface area contributed by atoms with Crippen molar-refractivity contribution in [3.8, 4) is 5.75 Å². The molecule has 0 radical (unpaired) electrons. The maximum absolute atomic E-state index is 9.25. The Balaban J connectivity index is 1.64. The lowest BCUT2D eigenvalue weighted by atomic mass is 10.1. The summed E-state index contributed by atoms with van der Waals surface area (Å²) in [4.78, 5) is 9.13. The summed E-state index contributed by atoms with van der Waals surface area (Å²) >= 11 is 0. The minimum Gasteiger partial charge on any atom is -0.492 e. The predicted octanol–water partition coefficient (Wildman–Crippen LogP) is 2.63. The van der Waals surface area contributed by atoms with Crippen molar-refractivity contribution in [1.29, 1.82) is 0 Å². The number of hydrogen-bond acceptors (Lipinski definition) is 8. The van der Waals surface area contributed by atoms with Crippen molar-refractivity contribution in [2.24, 2.45) is 0 Å². The lowest BCUT2D eigenvalue weighted by molar-refractivity contribution is 0.115. The van der Waals surface area contributed by atoms with E-state index in [2.05, 4.69) is 34.9 Å². The second kappa shape index (κ2) is 12.2. The van der Waals surface area contributed by atoms with Gasteiger partial charge in [-0.2, -0.15) is 0 Å².